The molecule has 0 aliphatic carbocycles. The van der Waals surface area contributed by atoms with E-state index in [1.165, 1.54) is 12.6 Å². The summed E-state index contributed by atoms with van der Waals surface area (Å²) in [6.45, 7) is 1.23. The molecule has 1 atom stereocenters. The molecule has 1 saturated heterocycles. The first-order chi connectivity index (χ1) is 8.55. The maximum Gasteiger partial charge on any atom is 0.152 e. The minimum atomic E-state index is -2.98. The van der Waals surface area contributed by atoms with Gasteiger partial charge in [-0.2, -0.15) is 0 Å². The Bertz CT molecular complexity index is 679. The highest BCUT2D eigenvalue weighted by molar-refractivity contribution is 7.91. The number of fused-ring (bicyclic) bond motifs is 1. The van der Waals surface area contributed by atoms with E-state index in [0.29, 0.717) is 13.0 Å². The number of hydrogen-bond acceptors (Lipinski definition) is 5. The molecule has 2 aromatic rings. The first kappa shape index (κ1) is 11.5. The van der Waals surface area contributed by atoms with Crippen LogP contribution in [-0.2, 0) is 9.84 Å². The lowest BCUT2D eigenvalue weighted by Gasteiger charge is -2.17. The number of rotatable bonds is 2. The SMILES string of the molecule is CS(=O)(=O)C1CCN(c2ncnc3[nH]ccc23)C1. The van der Waals surface area contributed by atoms with Crippen molar-refractivity contribution < 1.29 is 8.42 Å². The molecule has 2 aromatic heterocycles. The van der Waals surface area contributed by atoms with Crippen LogP contribution in [0.1, 0.15) is 6.42 Å². The molecule has 6 nitrogen and oxygen atoms in total. The van der Waals surface area contributed by atoms with Gasteiger partial charge in [-0.3, -0.25) is 0 Å². The summed E-state index contributed by atoms with van der Waals surface area (Å²) in [7, 11) is -2.98. The van der Waals surface area contributed by atoms with Crippen molar-refractivity contribution in [3.8, 4) is 0 Å². The highest BCUT2D eigenvalue weighted by atomic mass is 32.2. The van der Waals surface area contributed by atoms with Crippen LogP contribution >= 0.6 is 0 Å². The molecule has 1 aliphatic heterocycles. The highest BCUT2D eigenvalue weighted by Crippen LogP contribution is 2.27. The molecule has 0 aromatic carbocycles. The fraction of sp³-hybridized carbons (Fsp3) is 0.455. The van der Waals surface area contributed by atoms with Crippen LogP contribution in [0.3, 0.4) is 0 Å². The lowest BCUT2D eigenvalue weighted by atomic mass is 10.3. The van der Waals surface area contributed by atoms with Crippen LogP contribution in [0.15, 0.2) is 18.6 Å². The molecule has 0 saturated carbocycles. The van der Waals surface area contributed by atoms with Crippen LogP contribution < -0.4 is 4.90 Å². The second-order valence-electron chi connectivity index (χ2n) is 4.62. The molecule has 7 heteroatoms. The van der Waals surface area contributed by atoms with E-state index in [-0.39, 0.29) is 5.25 Å². The van der Waals surface area contributed by atoms with Gasteiger partial charge in [0.1, 0.15) is 17.8 Å². The molecule has 0 amide bonds. The van der Waals surface area contributed by atoms with Gasteiger partial charge in [-0.1, -0.05) is 0 Å². The number of sulfone groups is 1. The Morgan fingerprint density at radius 2 is 2.28 bits per heavy atom. The van der Waals surface area contributed by atoms with Crippen LogP contribution in [-0.4, -0.2) is 48.0 Å². The van der Waals surface area contributed by atoms with Gasteiger partial charge in [-0.15, -0.1) is 0 Å². The summed E-state index contributed by atoms with van der Waals surface area (Å²) in [4.78, 5) is 13.5. The lowest BCUT2D eigenvalue weighted by molar-refractivity contribution is 0.589. The lowest BCUT2D eigenvalue weighted by Crippen LogP contribution is -2.26. The zero-order valence-corrected chi connectivity index (χ0v) is 10.8. The number of H-pyrrole nitrogens is 1. The molecule has 96 valence electrons. The Kier molecular flexibility index (Phi) is 2.51. The van der Waals surface area contributed by atoms with Crippen molar-refractivity contribution in [1.29, 1.82) is 0 Å². The summed E-state index contributed by atoms with van der Waals surface area (Å²) in [6.07, 6.45) is 5.27. The fourth-order valence-electron chi connectivity index (χ4n) is 2.38. The van der Waals surface area contributed by atoms with Gasteiger partial charge in [0.15, 0.2) is 9.84 Å². The van der Waals surface area contributed by atoms with Crippen LogP contribution in [0.4, 0.5) is 5.82 Å². The van der Waals surface area contributed by atoms with E-state index >= 15 is 0 Å². The summed E-state index contributed by atoms with van der Waals surface area (Å²) in [6, 6.07) is 1.92. The number of aromatic nitrogens is 3. The van der Waals surface area contributed by atoms with E-state index in [9.17, 15) is 8.42 Å². The topological polar surface area (TPSA) is 79.0 Å². The van der Waals surface area contributed by atoms with E-state index in [1.54, 1.807) is 0 Å². The summed E-state index contributed by atoms with van der Waals surface area (Å²) < 4.78 is 23.1. The van der Waals surface area contributed by atoms with Gasteiger partial charge in [0.2, 0.25) is 0 Å². The summed E-state index contributed by atoms with van der Waals surface area (Å²) >= 11 is 0. The molecule has 3 rings (SSSR count). The zero-order chi connectivity index (χ0) is 12.8. The van der Waals surface area contributed by atoms with Crippen LogP contribution in [0.5, 0.6) is 0 Å². The van der Waals surface area contributed by atoms with E-state index < -0.39 is 9.84 Å². The monoisotopic (exact) mass is 266 g/mol. The van der Waals surface area contributed by atoms with Crippen molar-refractivity contribution in [2.45, 2.75) is 11.7 Å². The Morgan fingerprint density at radius 1 is 1.44 bits per heavy atom. The summed E-state index contributed by atoms with van der Waals surface area (Å²) in [5, 5.41) is 0.646. The van der Waals surface area contributed by atoms with Gasteiger partial charge in [-0.05, 0) is 12.5 Å². The minimum absolute atomic E-state index is 0.290. The molecule has 0 bridgehead atoms. The second-order valence-corrected chi connectivity index (χ2v) is 6.95. The third kappa shape index (κ3) is 1.84. The van der Waals surface area contributed by atoms with E-state index in [1.807, 2.05) is 17.2 Å². The third-order valence-corrected chi connectivity index (χ3v) is 4.98. The Labute approximate surface area is 105 Å². The molecule has 1 unspecified atom stereocenters. The second kappa shape index (κ2) is 3.94. The van der Waals surface area contributed by atoms with Crippen LogP contribution in [0, 0.1) is 0 Å². The van der Waals surface area contributed by atoms with Crippen molar-refractivity contribution in [3.63, 3.8) is 0 Å². The van der Waals surface area contributed by atoms with Crippen LogP contribution in [0.25, 0.3) is 11.0 Å². The van der Waals surface area contributed by atoms with Gasteiger partial charge >= 0.3 is 0 Å². The van der Waals surface area contributed by atoms with Crippen molar-refractivity contribution >= 4 is 26.7 Å². The largest absolute Gasteiger partial charge is 0.355 e. The number of nitrogens with zero attached hydrogens (tertiary/aromatic N) is 3. The van der Waals surface area contributed by atoms with Crippen LogP contribution in [0.2, 0.25) is 0 Å². The quantitative estimate of drug-likeness (QED) is 0.860. The Morgan fingerprint density at radius 3 is 3.00 bits per heavy atom. The Balaban J connectivity index is 1.95. The highest BCUT2D eigenvalue weighted by Gasteiger charge is 2.31. The fourth-order valence-corrected chi connectivity index (χ4v) is 3.37. The third-order valence-electron chi connectivity index (χ3n) is 3.38. The maximum absolute atomic E-state index is 11.6. The van der Waals surface area contributed by atoms with Gasteiger partial charge in [0.25, 0.3) is 0 Å². The van der Waals surface area contributed by atoms with E-state index in [2.05, 4.69) is 15.0 Å². The van der Waals surface area contributed by atoms with Crippen molar-refractivity contribution in [2.75, 3.05) is 24.2 Å². The number of hydrogen-bond donors (Lipinski definition) is 1. The average Bonchev–Trinajstić information content (AvgIpc) is 2.96. The van der Waals surface area contributed by atoms with Crippen molar-refractivity contribution in [3.05, 3.63) is 18.6 Å². The number of anilines is 1. The van der Waals surface area contributed by atoms with Gasteiger partial charge in [0, 0.05) is 25.5 Å². The first-order valence-corrected chi connectivity index (χ1v) is 7.73. The van der Waals surface area contributed by atoms with E-state index in [4.69, 9.17) is 0 Å². The van der Waals surface area contributed by atoms with Gasteiger partial charge in [-0.25, -0.2) is 18.4 Å². The molecule has 1 N–H and O–H groups in total. The molecular formula is C11H14N4O2S. The standard InChI is InChI=1S/C11H14N4O2S/c1-18(16,17)8-3-5-15(6-8)11-9-2-4-12-10(9)13-7-14-11/h2,4,7-8H,3,5-6H2,1H3,(H,12,13,14). The Hall–Kier alpha value is -1.63. The molecule has 0 spiro atoms. The summed E-state index contributed by atoms with van der Waals surface area (Å²) in [5.41, 5.74) is 0.780. The summed E-state index contributed by atoms with van der Waals surface area (Å²) in [5.74, 6) is 0.812. The molecule has 1 aliphatic rings. The zero-order valence-electron chi connectivity index (χ0n) is 10.00. The minimum Gasteiger partial charge on any atom is -0.355 e. The molecular weight excluding hydrogens is 252 g/mol. The van der Waals surface area contributed by atoms with Gasteiger partial charge < -0.3 is 9.88 Å². The molecule has 1 fully saturated rings. The average molecular weight is 266 g/mol. The number of nitrogens with one attached hydrogen (secondary N) is 1. The van der Waals surface area contributed by atoms with Crippen molar-refractivity contribution in [2.24, 2.45) is 0 Å². The first-order valence-electron chi connectivity index (χ1n) is 5.77. The number of aromatic amines is 1. The smallest absolute Gasteiger partial charge is 0.152 e. The normalized spacial score (nSPS) is 20.7. The maximum atomic E-state index is 11.6. The molecule has 0 radical (unpaired) electrons. The molecule has 3 heterocycles. The predicted octanol–water partition coefficient (Wildman–Crippen LogP) is 0.581. The predicted molar refractivity (Wildman–Crippen MR) is 69.4 cm³/mol. The van der Waals surface area contributed by atoms with Crippen molar-refractivity contribution in [1.82, 2.24) is 15.0 Å². The van der Waals surface area contributed by atoms with Gasteiger partial charge in [0.05, 0.1) is 10.6 Å². The van der Waals surface area contributed by atoms with E-state index in [0.717, 1.165) is 23.4 Å². The molecule has 18 heavy (non-hydrogen) atoms.